The maximum atomic E-state index is 12.7. The second kappa shape index (κ2) is 7.64. The molecule has 4 N–H and O–H groups in total. The average Bonchev–Trinajstić information content (AvgIpc) is 3.23. The summed E-state index contributed by atoms with van der Waals surface area (Å²) in [4.78, 5) is 29.2. The van der Waals surface area contributed by atoms with E-state index in [0.29, 0.717) is 24.5 Å². The van der Waals surface area contributed by atoms with Gasteiger partial charge < -0.3 is 16.0 Å². The summed E-state index contributed by atoms with van der Waals surface area (Å²) in [6.07, 6.45) is 4.53. The molecule has 0 fully saturated rings. The maximum absolute atomic E-state index is 12.7. The topological polar surface area (TPSA) is 112 Å². The Bertz CT molecular complexity index is 727. The number of hydrogen-bond donors (Lipinski definition) is 4. The maximum Gasteiger partial charge on any atom is 0.248 e. The molecule has 0 radical (unpaired) electrons. The fourth-order valence-electron chi connectivity index (χ4n) is 2.84. The number of fused-ring (bicyclic) bond motifs is 1. The molecule has 1 aliphatic heterocycles. The van der Waals surface area contributed by atoms with Crippen molar-refractivity contribution in [3.8, 4) is 0 Å². The van der Waals surface area contributed by atoms with E-state index in [1.54, 1.807) is 17.8 Å². The summed E-state index contributed by atoms with van der Waals surface area (Å²) >= 11 is 1.35. The third-order valence-corrected chi connectivity index (χ3v) is 4.77. The predicted octanol–water partition coefficient (Wildman–Crippen LogP) is 1.62. The van der Waals surface area contributed by atoms with Crippen LogP contribution in [0.5, 0.6) is 0 Å². The van der Waals surface area contributed by atoms with Gasteiger partial charge in [0.15, 0.2) is 5.13 Å². The van der Waals surface area contributed by atoms with E-state index in [-0.39, 0.29) is 23.7 Å². The minimum absolute atomic E-state index is 0.126. The molecule has 0 aromatic carbocycles. The molecule has 3 rings (SSSR count). The van der Waals surface area contributed by atoms with Crippen molar-refractivity contribution in [1.29, 1.82) is 0 Å². The van der Waals surface area contributed by atoms with E-state index in [0.717, 1.165) is 11.4 Å². The minimum Gasteiger partial charge on any atom is -0.369 e. The number of H-pyrrole nitrogens is 1. The van der Waals surface area contributed by atoms with Gasteiger partial charge in [0.25, 0.3) is 0 Å². The van der Waals surface area contributed by atoms with Crippen molar-refractivity contribution in [3.05, 3.63) is 23.3 Å². The molecule has 2 amide bonds. The number of rotatable bonds is 6. The third kappa shape index (κ3) is 4.36. The summed E-state index contributed by atoms with van der Waals surface area (Å²) in [6.45, 7) is 4.56. The molecule has 2 aromatic heterocycles. The van der Waals surface area contributed by atoms with Crippen LogP contribution in [0.4, 0.5) is 10.9 Å². The summed E-state index contributed by atoms with van der Waals surface area (Å²) < 4.78 is 0. The molecule has 0 aliphatic carbocycles. The van der Waals surface area contributed by atoms with Gasteiger partial charge in [-0.2, -0.15) is 5.10 Å². The molecule has 0 bridgehead atoms. The number of hydrogen-bond acceptors (Lipinski definition) is 6. The lowest BCUT2D eigenvalue weighted by molar-refractivity contribution is -0.129. The lowest BCUT2D eigenvalue weighted by atomic mass is 9.95. The summed E-state index contributed by atoms with van der Waals surface area (Å²) in [5.74, 6) is 0.554. The summed E-state index contributed by atoms with van der Waals surface area (Å²) in [5, 5.41) is 18.0. The Morgan fingerprint density at radius 3 is 3.00 bits per heavy atom. The number of nitrogens with one attached hydrogen (secondary N) is 4. The summed E-state index contributed by atoms with van der Waals surface area (Å²) in [7, 11) is 0. The highest BCUT2D eigenvalue weighted by atomic mass is 32.1. The zero-order valence-corrected chi connectivity index (χ0v) is 15.0. The van der Waals surface area contributed by atoms with E-state index < -0.39 is 6.04 Å². The number of anilines is 2. The van der Waals surface area contributed by atoms with Gasteiger partial charge in [-0.15, -0.1) is 11.3 Å². The lowest BCUT2D eigenvalue weighted by Crippen LogP contribution is -2.48. The van der Waals surface area contributed by atoms with E-state index >= 15 is 0 Å². The standard InChI is InChI=1S/C16H22N6O2S/c1-9(2)5-12(15(24)21-16-17-3-4-25-16)20-14(23)11-6-10-8-19-22-13(10)18-7-11/h3-4,8-9,11-12H,5-7H2,1-2H3,(H,20,23)(H,17,21,24)(H2,18,19,22). The molecule has 0 saturated carbocycles. The molecule has 3 heterocycles. The van der Waals surface area contributed by atoms with Gasteiger partial charge in [-0.3, -0.25) is 14.7 Å². The van der Waals surface area contributed by atoms with Crippen molar-refractivity contribution in [2.24, 2.45) is 11.8 Å². The van der Waals surface area contributed by atoms with Crippen LogP contribution in [0.3, 0.4) is 0 Å². The van der Waals surface area contributed by atoms with E-state index in [1.807, 2.05) is 13.8 Å². The lowest BCUT2D eigenvalue weighted by Gasteiger charge is -2.26. The molecule has 1 aliphatic rings. The second-order valence-corrected chi connectivity index (χ2v) is 7.46. The fourth-order valence-corrected chi connectivity index (χ4v) is 3.37. The highest BCUT2D eigenvalue weighted by molar-refractivity contribution is 7.13. The molecule has 0 saturated heterocycles. The zero-order valence-electron chi connectivity index (χ0n) is 14.2. The van der Waals surface area contributed by atoms with Crippen LogP contribution >= 0.6 is 11.3 Å². The highest BCUT2D eigenvalue weighted by Crippen LogP contribution is 2.22. The van der Waals surface area contributed by atoms with E-state index in [1.165, 1.54) is 11.3 Å². The number of amides is 2. The number of aromatic amines is 1. The largest absolute Gasteiger partial charge is 0.369 e. The van der Waals surface area contributed by atoms with Gasteiger partial charge >= 0.3 is 0 Å². The molecule has 134 valence electrons. The van der Waals surface area contributed by atoms with Crippen LogP contribution in [-0.2, 0) is 16.0 Å². The Balaban J connectivity index is 1.63. The van der Waals surface area contributed by atoms with Gasteiger partial charge in [-0.05, 0) is 18.8 Å². The molecule has 0 spiro atoms. The molecule has 9 heteroatoms. The molecule has 8 nitrogen and oxygen atoms in total. The summed E-state index contributed by atoms with van der Waals surface area (Å²) in [5.41, 5.74) is 0.985. The molecule has 2 unspecified atom stereocenters. The van der Waals surface area contributed by atoms with Gasteiger partial charge in [0.2, 0.25) is 11.8 Å². The SMILES string of the molecule is CC(C)CC(NC(=O)C1CNc2[nH]ncc2C1)C(=O)Nc1nccs1. The quantitative estimate of drug-likeness (QED) is 0.624. The van der Waals surface area contributed by atoms with E-state index in [4.69, 9.17) is 0 Å². The van der Waals surface area contributed by atoms with Crippen molar-refractivity contribution < 1.29 is 9.59 Å². The normalized spacial score (nSPS) is 17.5. The van der Waals surface area contributed by atoms with Gasteiger partial charge in [-0.25, -0.2) is 4.98 Å². The Morgan fingerprint density at radius 1 is 1.44 bits per heavy atom. The van der Waals surface area contributed by atoms with Gasteiger partial charge in [0.1, 0.15) is 11.9 Å². The zero-order chi connectivity index (χ0) is 17.8. The fraction of sp³-hybridized carbons (Fsp3) is 0.500. The van der Waals surface area contributed by atoms with Crippen LogP contribution in [0, 0.1) is 11.8 Å². The molecule has 25 heavy (non-hydrogen) atoms. The van der Waals surface area contributed by atoms with Crippen LogP contribution in [0.2, 0.25) is 0 Å². The first-order chi connectivity index (χ1) is 12.0. The minimum atomic E-state index is -0.581. The first kappa shape index (κ1) is 17.4. The number of thiazole rings is 1. The van der Waals surface area contributed by atoms with E-state index in [9.17, 15) is 9.59 Å². The molecule has 2 atom stereocenters. The average molecular weight is 362 g/mol. The van der Waals surface area contributed by atoms with Crippen molar-refractivity contribution in [2.45, 2.75) is 32.7 Å². The van der Waals surface area contributed by atoms with Crippen LogP contribution < -0.4 is 16.0 Å². The smallest absolute Gasteiger partial charge is 0.248 e. The third-order valence-electron chi connectivity index (χ3n) is 4.08. The van der Waals surface area contributed by atoms with Crippen molar-refractivity contribution in [1.82, 2.24) is 20.5 Å². The summed E-state index contributed by atoms with van der Waals surface area (Å²) in [6, 6.07) is -0.581. The van der Waals surface area contributed by atoms with Crippen molar-refractivity contribution in [3.63, 3.8) is 0 Å². The molecular formula is C16H22N6O2S. The van der Waals surface area contributed by atoms with Crippen LogP contribution in [-0.4, -0.2) is 39.6 Å². The second-order valence-electron chi connectivity index (χ2n) is 6.57. The van der Waals surface area contributed by atoms with Gasteiger partial charge in [-0.1, -0.05) is 13.8 Å². The van der Waals surface area contributed by atoms with Crippen molar-refractivity contribution in [2.75, 3.05) is 17.2 Å². The Labute approximate surface area is 149 Å². The first-order valence-electron chi connectivity index (χ1n) is 8.29. The monoisotopic (exact) mass is 362 g/mol. The Morgan fingerprint density at radius 2 is 2.28 bits per heavy atom. The highest BCUT2D eigenvalue weighted by Gasteiger charge is 2.29. The first-order valence-corrected chi connectivity index (χ1v) is 9.17. The van der Waals surface area contributed by atoms with Gasteiger partial charge in [0, 0.05) is 23.7 Å². The number of nitrogens with zero attached hydrogens (tertiary/aromatic N) is 2. The molecular weight excluding hydrogens is 340 g/mol. The number of carbonyl (C=O) groups is 2. The van der Waals surface area contributed by atoms with E-state index in [2.05, 4.69) is 31.1 Å². The number of aromatic nitrogens is 3. The van der Waals surface area contributed by atoms with Crippen molar-refractivity contribution >= 4 is 34.1 Å². The Kier molecular flexibility index (Phi) is 5.32. The van der Waals surface area contributed by atoms with Crippen LogP contribution in [0.25, 0.3) is 0 Å². The Hall–Kier alpha value is -2.42. The molecule has 2 aromatic rings. The van der Waals surface area contributed by atoms with Crippen LogP contribution in [0.15, 0.2) is 17.8 Å². The van der Waals surface area contributed by atoms with Gasteiger partial charge in [0.05, 0.1) is 12.1 Å². The number of carbonyl (C=O) groups excluding carboxylic acids is 2. The predicted molar refractivity (Wildman–Crippen MR) is 96.4 cm³/mol. The van der Waals surface area contributed by atoms with Crippen LogP contribution in [0.1, 0.15) is 25.8 Å².